The lowest BCUT2D eigenvalue weighted by molar-refractivity contribution is -0.137. The van der Waals surface area contributed by atoms with Gasteiger partial charge in [0.15, 0.2) is 16.8 Å². The molecule has 0 radical (unpaired) electrons. The minimum Gasteiger partial charge on any atom is -0.345 e. The molecule has 0 aliphatic rings. The van der Waals surface area contributed by atoms with Gasteiger partial charge in [-0.25, -0.2) is 0 Å². The summed E-state index contributed by atoms with van der Waals surface area (Å²) in [4.78, 5) is 25.2. The highest BCUT2D eigenvalue weighted by Gasteiger charge is 2.34. The average molecular weight is 575 g/mol. The van der Waals surface area contributed by atoms with Gasteiger partial charge < -0.3 is 5.32 Å². The highest BCUT2D eigenvalue weighted by atomic mass is 79.9. The number of Topliss-reactive ketones (excluding diaryl/α,β-unsaturated/α-hetero) is 1. The van der Waals surface area contributed by atoms with Crippen molar-refractivity contribution in [1.82, 2.24) is 20.1 Å². The van der Waals surface area contributed by atoms with Crippen molar-refractivity contribution in [2.75, 3.05) is 5.75 Å². The maximum absolute atomic E-state index is 13.3. The highest BCUT2D eigenvalue weighted by Crippen LogP contribution is 2.32. The van der Waals surface area contributed by atoms with Gasteiger partial charge in [-0.1, -0.05) is 70.2 Å². The minimum absolute atomic E-state index is 0.0930. The van der Waals surface area contributed by atoms with Crippen LogP contribution in [0.15, 0.2) is 88.5 Å². The molecule has 4 aromatic rings. The molecule has 1 heterocycles. The number of nitrogens with zero attached hydrogens (tertiary/aromatic N) is 3. The predicted octanol–water partition coefficient (Wildman–Crippen LogP) is 5.95. The Balaban J connectivity index is 1.57. The summed E-state index contributed by atoms with van der Waals surface area (Å²) in [6.07, 6.45) is -4.67. The van der Waals surface area contributed by atoms with Crippen LogP contribution in [0.25, 0.3) is 5.69 Å². The molecular formula is C25H18BrF3N4O2S. The zero-order valence-corrected chi connectivity index (χ0v) is 20.9. The number of benzene rings is 3. The summed E-state index contributed by atoms with van der Waals surface area (Å²) in [5.74, 6) is -0.583. The normalized spacial score (nSPS) is 11.3. The van der Waals surface area contributed by atoms with Crippen molar-refractivity contribution in [2.45, 2.75) is 17.9 Å². The van der Waals surface area contributed by atoms with E-state index in [2.05, 4.69) is 31.4 Å². The summed E-state index contributed by atoms with van der Waals surface area (Å²) in [5.41, 5.74) is -0.274. The third-order valence-electron chi connectivity index (χ3n) is 5.10. The molecule has 184 valence electrons. The molecular weight excluding hydrogens is 557 g/mol. The molecule has 1 aromatic heterocycles. The molecule has 0 spiro atoms. The lowest BCUT2D eigenvalue weighted by Gasteiger charge is -2.13. The highest BCUT2D eigenvalue weighted by molar-refractivity contribution is 9.10. The number of amides is 1. The molecule has 0 aliphatic carbocycles. The molecule has 0 aliphatic heterocycles. The van der Waals surface area contributed by atoms with Gasteiger partial charge >= 0.3 is 6.18 Å². The summed E-state index contributed by atoms with van der Waals surface area (Å²) < 4.78 is 42.5. The van der Waals surface area contributed by atoms with E-state index in [-0.39, 0.29) is 18.1 Å². The Morgan fingerprint density at radius 3 is 2.28 bits per heavy atom. The Kier molecular flexibility index (Phi) is 7.90. The lowest BCUT2D eigenvalue weighted by atomic mass is 10.1. The van der Waals surface area contributed by atoms with Crippen LogP contribution in [0, 0.1) is 0 Å². The van der Waals surface area contributed by atoms with Crippen molar-refractivity contribution in [3.63, 3.8) is 0 Å². The zero-order valence-electron chi connectivity index (χ0n) is 18.5. The van der Waals surface area contributed by atoms with E-state index in [9.17, 15) is 22.8 Å². The van der Waals surface area contributed by atoms with Crippen molar-refractivity contribution in [1.29, 1.82) is 0 Å². The summed E-state index contributed by atoms with van der Waals surface area (Å²) in [7, 11) is 0. The third-order valence-corrected chi connectivity index (χ3v) is 6.56. The van der Waals surface area contributed by atoms with Crippen LogP contribution in [0.2, 0.25) is 0 Å². The first-order valence-electron chi connectivity index (χ1n) is 10.6. The minimum atomic E-state index is -4.67. The summed E-state index contributed by atoms with van der Waals surface area (Å²) >= 11 is 4.55. The van der Waals surface area contributed by atoms with E-state index in [1.807, 2.05) is 6.07 Å². The van der Waals surface area contributed by atoms with Crippen molar-refractivity contribution in [3.8, 4) is 5.69 Å². The van der Waals surface area contributed by atoms with E-state index < -0.39 is 23.2 Å². The number of alkyl halides is 3. The van der Waals surface area contributed by atoms with Gasteiger partial charge in [0, 0.05) is 15.7 Å². The van der Waals surface area contributed by atoms with Gasteiger partial charge in [0.05, 0.1) is 23.4 Å². The van der Waals surface area contributed by atoms with Crippen molar-refractivity contribution in [2.24, 2.45) is 0 Å². The van der Waals surface area contributed by atoms with E-state index in [4.69, 9.17) is 0 Å². The van der Waals surface area contributed by atoms with Crippen LogP contribution in [0.4, 0.5) is 13.2 Å². The standard InChI is InChI=1S/C25H18BrF3N4O2S/c26-17-10-12-18(13-11-17)33-22(14-30-23(35)19-8-4-5-9-20(19)25(27,28)29)31-32-24(33)36-15-21(34)16-6-2-1-3-7-16/h1-13H,14-15H2,(H,30,35). The molecule has 1 N–H and O–H groups in total. The Bertz CT molecular complexity index is 1380. The van der Waals surface area contributed by atoms with Crippen LogP contribution < -0.4 is 5.32 Å². The summed E-state index contributed by atoms with van der Waals surface area (Å²) in [5, 5.41) is 11.2. The smallest absolute Gasteiger partial charge is 0.345 e. The van der Waals surface area contributed by atoms with E-state index in [0.29, 0.717) is 22.2 Å². The molecule has 36 heavy (non-hydrogen) atoms. The largest absolute Gasteiger partial charge is 0.417 e. The van der Waals surface area contributed by atoms with Gasteiger partial charge in [-0.3, -0.25) is 14.2 Å². The average Bonchev–Trinajstić information content (AvgIpc) is 3.29. The number of halogens is 4. The number of carbonyl (C=O) groups excluding carboxylic acids is 2. The molecule has 3 aromatic carbocycles. The molecule has 0 fully saturated rings. The number of nitrogens with one attached hydrogen (secondary N) is 1. The maximum atomic E-state index is 13.3. The second-order valence-corrected chi connectivity index (χ2v) is 9.37. The second kappa shape index (κ2) is 11.1. The number of hydrogen-bond donors (Lipinski definition) is 1. The molecule has 0 saturated carbocycles. The Labute approximate surface area is 217 Å². The molecule has 11 heteroatoms. The summed E-state index contributed by atoms with van der Waals surface area (Å²) in [6.45, 7) is -0.179. The van der Waals surface area contributed by atoms with E-state index in [0.717, 1.165) is 16.6 Å². The van der Waals surface area contributed by atoms with Gasteiger partial charge in [0.1, 0.15) is 0 Å². The first-order valence-corrected chi connectivity index (χ1v) is 12.4. The van der Waals surface area contributed by atoms with Gasteiger partial charge in [0.2, 0.25) is 0 Å². The van der Waals surface area contributed by atoms with Crippen LogP contribution in [0.3, 0.4) is 0 Å². The van der Waals surface area contributed by atoms with Crippen LogP contribution in [-0.2, 0) is 12.7 Å². The maximum Gasteiger partial charge on any atom is 0.417 e. The molecule has 0 unspecified atom stereocenters. The topological polar surface area (TPSA) is 76.9 Å². The lowest BCUT2D eigenvalue weighted by Crippen LogP contribution is -2.27. The predicted molar refractivity (Wildman–Crippen MR) is 133 cm³/mol. The Morgan fingerprint density at radius 2 is 1.58 bits per heavy atom. The number of aromatic nitrogens is 3. The Morgan fingerprint density at radius 1 is 0.917 bits per heavy atom. The van der Waals surface area contributed by atoms with Gasteiger partial charge in [0.25, 0.3) is 5.91 Å². The number of thioether (sulfide) groups is 1. The number of rotatable bonds is 8. The van der Waals surface area contributed by atoms with Crippen LogP contribution in [0.5, 0.6) is 0 Å². The van der Waals surface area contributed by atoms with Crippen LogP contribution in [-0.4, -0.2) is 32.2 Å². The SMILES string of the molecule is O=C(CSc1nnc(CNC(=O)c2ccccc2C(F)(F)F)n1-c1ccc(Br)cc1)c1ccccc1. The molecule has 6 nitrogen and oxygen atoms in total. The van der Waals surface area contributed by atoms with E-state index >= 15 is 0 Å². The molecule has 0 saturated heterocycles. The fourth-order valence-electron chi connectivity index (χ4n) is 3.38. The van der Waals surface area contributed by atoms with Crippen LogP contribution >= 0.6 is 27.7 Å². The van der Waals surface area contributed by atoms with Gasteiger partial charge in [-0.2, -0.15) is 13.2 Å². The fourth-order valence-corrected chi connectivity index (χ4v) is 4.51. The van der Waals surface area contributed by atoms with Gasteiger partial charge in [-0.05, 0) is 36.4 Å². The number of hydrogen-bond acceptors (Lipinski definition) is 5. The van der Waals surface area contributed by atoms with Crippen molar-refractivity contribution >= 4 is 39.4 Å². The third kappa shape index (κ3) is 6.03. The molecule has 4 rings (SSSR count). The second-order valence-electron chi connectivity index (χ2n) is 7.51. The first kappa shape index (κ1) is 25.6. The van der Waals surface area contributed by atoms with E-state index in [1.54, 1.807) is 53.1 Å². The van der Waals surface area contributed by atoms with Crippen molar-refractivity contribution in [3.05, 3.63) is 106 Å². The number of carbonyl (C=O) groups is 2. The van der Waals surface area contributed by atoms with E-state index in [1.165, 1.54) is 23.9 Å². The zero-order chi connectivity index (χ0) is 25.7. The van der Waals surface area contributed by atoms with Crippen molar-refractivity contribution < 1.29 is 22.8 Å². The molecule has 1 amide bonds. The fraction of sp³-hybridized carbons (Fsp3) is 0.120. The molecule has 0 bridgehead atoms. The van der Waals surface area contributed by atoms with Crippen LogP contribution in [0.1, 0.15) is 32.1 Å². The monoisotopic (exact) mass is 574 g/mol. The molecule has 0 atom stereocenters. The first-order chi connectivity index (χ1) is 17.2. The summed E-state index contributed by atoms with van der Waals surface area (Å²) in [6, 6.07) is 20.6. The Hall–Kier alpha value is -3.44. The van der Waals surface area contributed by atoms with Gasteiger partial charge in [-0.15, -0.1) is 10.2 Å². The number of ketones is 1. The quantitative estimate of drug-likeness (QED) is 0.208.